The molecule has 0 saturated carbocycles. The average Bonchev–Trinajstić information content (AvgIpc) is 2.89. The van der Waals surface area contributed by atoms with Crippen molar-refractivity contribution in [1.82, 2.24) is 4.98 Å². The molecule has 1 rings (SSSR count). The Morgan fingerprint density at radius 1 is 1.64 bits per heavy atom. The van der Waals surface area contributed by atoms with Crippen molar-refractivity contribution in [2.75, 3.05) is 7.05 Å². The van der Waals surface area contributed by atoms with Gasteiger partial charge in [0.2, 0.25) is 0 Å². The Kier molecular flexibility index (Phi) is 5.96. The summed E-state index contributed by atoms with van der Waals surface area (Å²) in [4.78, 5) is 7.68. The van der Waals surface area contributed by atoms with E-state index in [1.165, 1.54) is 0 Å². The summed E-state index contributed by atoms with van der Waals surface area (Å²) in [5, 5.41) is 0. The van der Waals surface area contributed by atoms with Crippen molar-refractivity contribution in [2.24, 2.45) is 16.6 Å². The van der Waals surface area contributed by atoms with Crippen LogP contribution in [0, 0.1) is 25.2 Å². The minimum absolute atomic E-state index is 0.0715. The number of allylic oxidation sites excluding steroid dienone is 2. The summed E-state index contributed by atoms with van der Waals surface area (Å²) in [7, 11) is 1.81. The Hall–Kier alpha value is -2.05. The SMILES string of the molecule is C#CCC(C)(N)C(=C)C(C)/C(=C/C)C(=NC)c1c[nH]c(C)c1. The van der Waals surface area contributed by atoms with Gasteiger partial charge in [0.15, 0.2) is 0 Å². The molecule has 0 aromatic carbocycles. The number of nitrogens with zero attached hydrogens (tertiary/aromatic N) is 1. The van der Waals surface area contributed by atoms with Crippen molar-refractivity contribution in [2.45, 2.75) is 39.7 Å². The molecule has 0 saturated heterocycles. The molecule has 3 heteroatoms. The first-order valence-corrected chi connectivity index (χ1v) is 7.48. The topological polar surface area (TPSA) is 54.2 Å². The fourth-order valence-corrected chi connectivity index (χ4v) is 2.67. The van der Waals surface area contributed by atoms with E-state index in [0.717, 1.165) is 28.1 Å². The van der Waals surface area contributed by atoms with E-state index in [1.54, 1.807) is 7.05 Å². The van der Waals surface area contributed by atoms with Gasteiger partial charge in [0.05, 0.1) is 5.71 Å². The van der Waals surface area contributed by atoms with Crippen LogP contribution in [0.5, 0.6) is 0 Å². The Labute approximate surface area is 134 Å². The zero-order valence-corrected chi connectivity index (χ0v) is 14.3. The van der Waals surface area contributed by atoms with Crippen LogP contribution in [0.15, 0.2) is 41.1 Å². The quantitative estimate of drug-likeness (QED) is 0.470. The van der Waals surface area contributed by atoms with Crippen molar-refractivity contribution in [1.29, 1.82) is 0 Å². The maximum Gasteiger partial charge on any atom is 0.0693 e. The molecule has 0 radical (unpaired) electrons. The van der Waals surface area contributed by atoms with E-state index >= 15 is 0 Å². The van der Waals surface area contributed by atoms with E-state index < -0.39 is 5.54 Å². The number of aliphatic imine (C=N–C) groups is 1. The van der Waals surface area contributed by atoms with Gasteiger partial charge in [0.1, 0.15) is 0 Å². The normalized spacial score (nSPS) is 16.8. The summed E-state index contributed by atoms with van der Waals surface area (Å²) in [6.07, 6.45) is 9.94. The van der Waals surface area contributed by atoms with Crippen LogP contribution in [-0.2, 0) is 0 Å². The van der Waals surface area contributed by atoms with Crippen molar-refractivity contribution < 1.29 is 0 Å². The fourth-order valence-electron chi connectivity index (χ4n) is 2.67. The molecule has 3 N–H and O–H groups in total. The second-order valence-electron chi connectivity index (χ2n) is 5.93. The Balaban J connectivity index is 3.16. The molecular weight excluding hydrogens is 270 g/mol. The van der Waals surface area contributed by atoms with Crippen LogP contribution in [0.3, 0.4) is 0 Å². The Morgan fingerprint density at radius 2 is 2.27 bits per heavy atom. The van der Waals surface area contributed by atoms with Gasteiger partial charge in [-0.15, -0.1) is 12.3 Å². The molecule has 0 bridgehead atoms. The van der Waals surface area contributed by atoms with Gasteiger partial charge in [0, 0.05) is 42.4 Å². The van der Waals surface area contributed by atoms with E-state index in [0.29, 0.717) is 6.42 Å². The molecular formula is C19H27N3. The lowest BCUT2D eigenvalue weighted by molar-refractivity contribution is 0.519. The van der Waals surface area contributed by atoms with Crippen molar-refractivity contribution in [3.05, 3.63) is 47.3 Å². The number of terminal acetylenes is 1. The van der Waals surface area contributed by atoms with E-state index in [2.05, 4.69) is 41.5 Å². The van der Waals surface area contributed by atoms with Crippen molar-refractivity contribution in [3.63, 3.8) is 0 Å². The van der Waals surface area contributed by atoms with Gasteiger partial charge >= 0.3 is 0 Å². The van der Waals surface area contributed by atoms with E-state index in [1.807, 2.05) is 27.0 Å². The number of nitrogens with one attached hydrogen (secondary N) is 1. The van der Waals surface area contributed by atoms with Crippen LogP contribution in [0.1, 0.15) is 38.4 Å². The third-order valence-electron chi connectivity index (χ3n) is 4.10. The first kappa shape index (κ1) is 18.0. The number of hydrogen-bond donors (Lipinski definition) is 2. The largest absolute Gasteiger partial charge is 0.365 e. The minimum Gasteiger partial charge on any atom is -0.365 e. The summed E-state index contributed by atoms with van der Waals surface area (Å²) >= 11 is 0. The zero-order valence-electron chi connectivity index (χ0n) is 14.3. The number of hydrogen-bond acceptors (Lipinski definition) is 2. The first-order valence-electron chi connectivity index (χ1n) is 7.48. The molecule has 0 aliphatic heterocycles. The minimum atomic E-state index is -0.588. The lowest BCUT2D eigenvalue weighted by atomic mass is 9.78. The maximum absolute atomic E-state index is 6.33. The fraction of sp³-hybridized carbons (Fsp3) is 0.421. The van der Waals surface area contributed by atoms with E-state index in [4.69, 9.17) is 12.2 Å². The van der Waals surface area contributed by atoms with Crippen LogP contribution in [0.2, 0.25) is 0 Å². The van der Waals surface area contributed by atoms with Gasteiger partial charge in [0.25, 0.3) is 0 Å². The molecule has 1 aromatic rings. The number of H-pyrrole nitrogens is 1. The summed E-state index contributed by atoms with van der Waals surface area (Å²) in [6.45, 7) is 12.3. The van der Waals surface area contributed by atoms with E-state index in [-0.39, 0.29) is 5.92 Å². The highest BCUT2D eigenvalue weighted by molar-refractivity contribution is 6.13. The molecule has 1 aromatic heterocycles. The van der Waals surface area contributed by atoms with Crippen molar-refractivity contribution in [3.8, 4) is 12.3 Å². The smallest absolute Gasteiger partial charge is 0.0693 e. The Bertz CT molecular complexity index is 636. The predicted octanol–water partition coefficient (Wildman–Crippen LogP) is 3.62. The van der Waals surface area contributed by atoms with Crippen LogP contribution < -0.4 is 5.73 Å². The van der Waals surface area contributed by atoms with Crippen LogP contribution in [0.4, 0.5) is 0 Å². The second kappa shape index (κ2) is 7.29. The van der Waals surface area contributed by atoms with Gasteiger partial charge in [-0.05, 0) is 38.0 Å². The molecule has 0 spiro atoms. The highest BCUT2D eigenvalue weighted by Gasteiger charge is 2.29. The molecule has 3 nitrogen and oxygen atoms in total. The molecule has 1 heterocycles. The molecule has 0 aliphatic rings. The van der Waals surface area contributed by atoms with Gasteiger partial charge in [-0.2, -0.15) is 0 Å². The second-order valence-corrected chi connectivity index (χ2v) is 5.93. The molecule has 2 atom stereocenters. The third kappa shape index (κ3) is 3.78. The van der Waals surface area contributed by atoms with Crippen LogP contribution in [0.25, 0.3) is 0 Å². The number of rotatable bonds is 6. The average molecular weight is 297 g/mol. The maximum atomic E-state index is 6.33. The summed E-state index contributed by atoms with van der Waals surface area (Å²) < 4.78 is 0. The van der Waals surface area contributed by atoms with Gasteiger partial charge in [-0.1, -0.05) is 19.6 Å². The van der Waals surface area contributed by atoms with Crippen LogP contribution in [-0.4, -0.2) is 23.3 Å². The lowest BCUT2D eigenvalue weighted by Crippen LogP contribution is -2.40. The number of nitrogens with two attached hydrogens (primary N) is 1. The standard InChI is InChI=1S/C19H27N3/c1-8-10-19(6,20)15(5)14(4)17(9-2)18(21-7)16-11-13(3)22-12-16/h1,9,11-12,14,22H,5,10,20H2,2-4,6-7H3/b17-9-,21-18?. The number of aromatic nitrogens is 1. The monoisotopic (exact) mass is 297 g/mol. The van der Waals surface area contributed by atoms with Gasteiger partial charge < -0.3 is 10.7 Å². The van der Waals surface area contributed by atoms with Gasteiger partial charge in [-0.3, -0.25) is 4.99 Å². The molecule has 22 heavy (non-hydrogen) atoms. The Morgan fingerprint density at radius 3 is 2.68 bits per heavy atom. The summed E-state index contributed by atoms with van der Waals surface area (Å²) in [6, 6.07) is 2.09. The zero-order chi connectivity index (χ0) is 16.9. The number of aryl methyl sites for hydroxylation is 1. The van der Waals surface area contributed by atoms with Gasteiger partial charge in [-0.25, -0.2) is 0 Å². The third-order valence-corrected chi connectivity index (χ3v) is 4.10. The molecule has 0 amide bonds. The molecule has 2 unspecified atom stereocenters. The first-order chi connectivity index (χ1) is 10.3. The molecule has 0 aliphatic carbocycles. The van der Waals surface area contributed by atoms with Crippen molar-refractivity contribution >= 4 is 5.71 Å². The molecule has 118 valence electrons. The highest BCUT2D eigenvalue weighted by Crippen LogP contribution is 2.30. The summed E-state index contributed by atoms with van der Waals surface area (Å²) in [5.41, 5.74) is 10.9. The van der Waals surface area contributed by atoms with Crippen LogP contribution >= 0.6 is 0 Å². The highest BCUT2D eigenvalue weighted by atomic mass is 14.7. The number of aromatic amines is 1. The van der Waals surface area contributed by atoms with E-state index in [9.17, 15) is 0 Å². The summed E-state index contributed by atoms with van der Waals surface area (Å²) in [5.74, 6) is 2.71. The predicted molar refractivity (Wildman–Crippen MR) is 96.1 cm³/mol. The molecule has 0 fully saturated rings. The lowest BCUT2D eigenvalue weighted by Gasteiger charge is -2.31.